The van der Waals surface area contributed by atoms with Crippen LogP contribution >= 0.6 is 11.6 Å². The van der Waals surface area contributed by atoms with Crippen LogP contribution in [0.3, 0.4) is 0 Å². The van der Waals surface area contributed by atoms with E-state index in [-0.39, 0.29) is 6.29 Å². The van der Waals surface area contributed by atoms with Crippen molar-refractivity contribution < 1.29 is 14.0 Å². The third-order valence-electron chi connectivity index (χ3n) is 4.64. The second-order valence-corrected chi connectivity index (χ2v) is 6.75. The molecule has 4 aromatic rings. The number of halogens is 1. The van der Waals surface area contributed by atoms with E-state index in [0.717, 1.165) is 42.2 Å². The predicted octanol–water partition coefficient (Wildman–Crippen LogP) is 3.63. The monoisotopic (exact) mass is 385 g/mol. The maximum atomic E-state index is 6.36. The quantitative estimate of drug-likeness (QED) is 0.530. The van der Waals surface area contributed by atoms with Crippen molar-refractivity contribution in [3.8, 4) is 11.5 Å². The Labute approximate surface area is 159 Å². The summed E-state index contributed by atoms with van der Waals surface area (Å²) >= 11 is 6.36. The van der Waals surface area contributed by atoms with Crippen LogP contribution in [0.4, 0.5) is 0 Å². The van der Waals surface area contributed by atoms with Crippen LogP contribution in [0.2, 0.25) is 5.15 Å². The van der Waals surface area contributed by atoms with Crippen LogP contribution in [0.25, 0.3) is 27.9 Å². The second kappa shape index (κ2) is 6.88. The Morgan fingerprint density at radius 1 is 1.19 bits per heavy atom. The minimum Gasteiger partial charge on any atom is -0.364 e. The van der Waals surface area contributed by atoms with Gasteiger partial charge in [-0.15, -0.1) is 10.2 Å². The number of benzene rings is 1. The molecule has 1 aliphatic rings. The summed E-state index contributed by atoms with van der Waals surface area (Å²) in [5, 5.41) is 19.1. The Hall–Kier alpha value is -2.55. The van der Waals surface area contributed by atoms with Crippen LogP contribution in [-0.4, -0.2) is 37.9 Å². The van der Waals surface area contributed by atoms with Crippen LogP contribution in [0, 0.1) is 0 Å². The van der Waals surface area contributed by atoms with Gasteiger partial charge in [0.25, 0.3) is 0 Å². The first kappa shape index (κ1) is 16.6. The van der Waals surface area contributed by atoms with E-state index < -0.39 is 0 Å². The van der Waals surface area contributed by atoms with Gasteiger partial charge in [-0.3, -0.25) is 0 Å². The van der Waals surface area contributed by atoms with Crippen LogP contribution in [0.15, 0.2) is 35.1 Å². The Bertz CT molecular complexity index is 1100. The molecule has 0 radical (unpaired) electrons. The molecular formula is C18H16ClN5O3. The van der Waals surface area contributed by atoms with Gasteiger partial charge in [0.2, 0.25) is 5.82 Å². The van der Waals surface area contributed by atoms with Gasteiger partial charge in [0.15, 0.2) is 22.8 Å². The van der Waals surface area contributed by atoms with Crippen molar-refractivity contribution in [1.29, 1.82) is 0 Å². The number of rotatable bonds is 4. The van der Waals surface area contributed by atoms with E-state index in [1.807, 2.05) is 24.3 Å². The average Bonchev–Trinajstić information content (AvgIpc) is 3.34. The van der Waals surface area contributed by atoms with Crippen LogP contribution < -0.4 is 0 Å². The van der Waals surface area contributed by atoms with E-state index in [9.17, 15) is 0 Å². The fourth-order valence-electron chi connectivity index (χ4n) is 3.26. The maximum Gasteiger partial charge on any atom is 0.207 e. The predicted molar refractivity (Wildman–Crippen MR) is 97.2 cm³/mol. The van der Waals surface area contributed by atoms with Crippen LogP contribution in [0.5, 0.6) is 0 Å². The lowest BCUT2D eigenvalue weighted by Gasteiger charge is -2.22. The molecule has 3 aromatic heterocycles. The van der Waals surface area contributed by atoms with Crippen LogP contribution in [-0.2, 0) is 16.1 Å². The van der Waals surface area contributed by atoms with E-state index in [0.29, 0.717) is 28.9 Å². The number of aromatic nitrogens is 5. The molecular weight excluding hydrogens is 370 g/mol. The molecule has 9 heteroatoms. The highest BCUT2D eigenvalue weighted by Crippen LogP contribution is 2.28. The van der Waals surface area contributed by atoms with Crippen molar-refractivity contribution >= 4 is 28.0 Å². The van der Waals surface area contributed by atoms with E-state index in [2.05, 4.69) is 20.5 Å². The van der Waals surface area contributed by atoms with Gasteiger partial charge >= 0.3 is 0 Å². The van der Waals surface area contributed by atoms with Crippen LogP contribution in [0.1, 0.15) is 24.8 Å². The summed E-state index contributed by atoms with van der Waals surface area (Å²) in [7, 11) is 0. The first-order valence-electron chi connectivity index (χ1n) is 8.78. The molecule has 1 fully saturated rings. The topological polar surface area (TPSA) is 87.6 Å². The number of ether oxygens (including phenoxy) is 2. The minimum atomic E-state index is -0.201. The van der Waals surface area contributed by atoms with E-state index in [1.54, 1.807) is 10.8 Å². The fourth-order valence-corrected chi connectivity index (χ4v) is 3.50. The van der Waals surface area contributed by atoms with E-state index >= 15 is 0 Å². The Morgan fingerprint density at radius 2 is 2.07 bits per heavy atom. The standard InChI is InChI=1S/C18H16ClN5O3/c19-16-12-5-1-2-6-13(12)17-20-21-18(24(17)22-16)15-11(10-27-23-15)9-26-14-7-3-4-8-25-14/h1-2,5-6,10,14H,3-4,7-9H2. The number of fused-ring (bicyclic) bond motifs is 3. The third kappa shape index (κ3) is 2.95. The molecule has 138 valence electrons. The lowest BCUT2D eigenvalue weighted by atomic mass is 10.2. The summed E-state index contributed by atoms with van der Waals surface area (Å²) in [6.45, 7) is 1.03. The fraction of sp³-hybridized carbons (Fsp3) is 0.333. The lowest BCUT2D eigenvalue weighted by molar-refractivity contribution is -0.168. The van der Waals surface area contributed by atoms with Gasteiger partial charge in [-0.2, -0.15) is 9.61 Å². The smallest absolute Gasteiger partial charge is 0.207 e. The molecule has 4 heterocycles. The SMILES string of the molecule is Clc1nn2c(-c3nocc3COC3CCCCO3)nnc2c2ccccc12. The zero-order valence-electron chi connectivity index (χ0n) is 14.3. The molecule has 0 spiro atoms. The van der Waals surface area contributed by atoms with E-state index in [1.165, 1.54) is 0 Å². The van der Waals surface area contributed by atoms with Crippen molar-refractivity contribution in [2.75, 3.05) is 6.61 Å². The van der Waals surface area contributed by atoms with Gasteiger partial charge in [-0.25, -0.2) is 0 Å². The summed E-state index contributed by atoms with van der Waals surface area (Å²) in [6, 6.07) is 7.67. The van der Waals surface area contributed by atoms with Crippen molar-refractivity contribution in [1.82, 2.24) is 25.0 Å². The molecule has 8 nitrogen and oxygen atoms in total. The highest BCUT2D eigenvalue weighted by atomic mass is 35.5. The Morgan fingerprint density at radius 3 is 2.93 bits per heavy atom. The van der Waals surface area contributed by atoms with Crippen molar-refractivity contribution in [2.45, 2.75) is 32.2 Å². The zero-order chi connectivity index (χ0) is 18.2. The normalized spacial score (nSPS) is 17.7. The molecule has 5 rings (SSSR count). The molecule has 27 heavy (non-hydrogen) atoms. The number of nitrogens with zero attached hydrogens (tertiary/aromatic N) is 5. The largest absolute Gasteiger partial charge is 0.364 e. The molecule has 0 bridgehead atoms. The summed E-state index contributed by atoms with van der Waals surface area (Å²) in [6.07, 6.45) is 4.41. The summed E-state index contributed by atoms with van der Waals surface area (Å²) in [4.78, 5) is 0. The van der Waals surface area contributed by atoms with Gasteiger partial charge in [0.1, 0.15) is 6.26 Å². The van der Waals surface area contributed by atoms with Gasteiger partial charge in [0, 0.05) is 22.9 Å². The first-order chi connectivity index (χ1) is 13.3. The Balaban J connectivity index is 1.52. The summed E-state index contributed by atoms with van der Waals surface area (Å²) in [5.41, 5.74) is 1.89. The zero-order valence-corrected chi connectivity index (χ0v) is 15.1. The maximum absolute atomic E-state index is 6.36. The Kier molecular flexibility index (Phi) is 4.23. The molecule has 1 atom stereocenters. The highest BCUT2D eigenvalue weighted by molar-refractivity contribution is 6.34. The summed E-state index contributed by atoms with van der Waals surface area (Å²) < 4.78 is 18.2. The number of hydrogen-bond donors (Lipinski definition) is 0. The minimum absolute atomic E-state index is 0.201. The molecule has 1 aliphatic heterocycles. The molecule has 1 aromatic carbocycles. The summed E-state index contributed by atoms with van der Waals surface area (Å²) in [5.74, 6) is 0.453. The molecule has 0 saturated carbocycles. The third-order valence-corrected chi connectivity index (χ3v) is 4.92. The lowest BCUT2D eigenvalue weighted by Crippen LogP contribution is -2.22. The molecule has 0 aliphatic carbocycles. The van der Waals surface area contributed by atoms with Gasteiger partial charge < -0.3 is 14.0 Å². The van der Waals surface area contributed by atoms with Crippen molar-refractivity contribution in [2.24, 2.45) is 0 Å². The molecule has 0 amide bonds. The number of hydrogen-bond acceptors (Lipinski definition) is 7. The van der Waals surface area contributed by atoms with E-state index in [4.69, 9.17) is 25.6 Å². The molecule has 1 unspecified atom stereocenters. The van der Waals surface area contributed by atoms with Gasteiger partial charge in [-0.1, -0.05) is 41.0 Å². The van der Waals surface area contributed by atoms with Crippen molar-refractivity contribution in [3.05, 3.63) is 41.2 Å². The van der Waals surface area contributed by atoms with Gasteiger partial charge in [0.05, 0.1) is 6.61 Å². The van der Waals surface area contributed by atoms with Crippen molar-refractivity contribution in [3.63, 3.8) is 0 Å². The molecule has 0 N–H and O–H groups in total. The highest BCUT2D eigenvalue weighted by Gasteiger charge is 2.22. The first-order valence-corrected chi connectivity index (χ1v) is 9.15. The molecule has 1 saturated heterocycles. The second-order valence-electron chi connectivity index (χ2n) is 6.39. The average molecular weight is 386 g/mol. The van der Waals surface area contributed by atoms with Gasteiger partial charge in [-0.05, 0) is 19.3 Å².